The van der Waals surface area contributed by atoms with Gasteiger partial charge in [-0.05, 0) is 13.3 Å². The van der Waals surface area contributed by atoms with E-state index < -0.39 is 8.07 Å². The van der Waals surface area contributed by atoms with Crippen LogP contribution >= 0.6 is 0 Å². The molecule has 0 radical (unpaired) electrons. The van der Waals surface area contributed by atoms with Crippen LogP contribution in [-0.4, -0.2) is 19.8 Å². The summed E-state index contributed by atoms with van der Waals surface area (Å²) in [7, 11) is -1.29. The second-order valence-electron chi connectivity index (χ2n) is 5.78. The summed E-state index contributed by atoms with van der Waals surface area (Å²) in [5, 5.41) is 1.54. The molecule has 1 aromatic rings. The van der Waals surface area contributed by atoms with Gasteiger partial charge in [0.05, 0.1) is 14.2 Å². The van der Waals surface area contributed by atoms with E-state index in [1.54, 1.807) is 5.19 Å². The zero-order chi connectivity index (χ0) is 12.5. The summed E-state index contributed by atoms with van der Waals surface area (Å²) < 4.78 is 5.69. The highest BCUT2D eigenvalue weighted by Gasteiger charge is 2.49. The number of rotatable bonds is 5. The molecule has 0 spiro atoms. The van der Waals surface area contributed by atoms with Gasteiger partial charge in [0.15, 0.2) is 0 Å². The van der Waals surface area contributed by atoms with Crippen LogP contribution in [0, 0.1) is 0 Å². The van der Waals surface area contributed by atoms with Crippen LogP contribution in [0.1, 0.15) is 13.3 Å². The third kappa shape index (κ3) is 2.69. The number of hydrogen-bond donors (Lipinski definition) is 0. The van der Waals surface area contributed by atoms with Crippen LogP contribution < -0.4 is 5.19 Å². The average molecular weight is 246 g/mol. The van der Waals surface area contributed by atoms with Crippen LogP contribution in [0.2, 0.25) is 19.1 Å². The maximum absolute atomic E-state index is 5.69. The van der Waals surface area contributed by atoms with Crippen molar-refractivity contribution < 1.29 is 4.74 Å². The first-order valence-corrected chi connectivity index (χ1v) is 9.56. The van der Waals surface area contributed by atoms with Crippen molar-refractivity contribution in [2.45, 2.75) is 44.2 Å². The largest absolute Gasteiger partial charge is 0.362 e. The van der Waals surface area contributed by atoms with Gasteiger partial charge in [-0.1, -0.05) is 60.7 Å². The molecule has 2 rings (SSSR count). The Balaban J connectivity index is 1.93. The number of ether oxygens (including phenoxy) is 1. The highest BCUT2D eigenvalue weighted by molar-refractivity contribution is 6.89. The standard InChI is InChI=1S/C15H22OSi/c1-5-15(2)14(16-15)11-12-17(3,4)13-9-7-6-8-10-13/h5-10,14H,1,11-12H2,2-4H3. The minimum absolute atomic E-state index is 0.0405. The van der Waals surface area contributed by atoms with E-state index >= 15 is 0 Å². The SMILES string of the molecule is C=CC1(C)OC1CC[Si](C)(C)c1ccccc1. The lowest BCUT2D eigenvalue weighted by molar-refractivity contribution is 0.340. The lowest BCUT2D eigenvalue weighted by atomic mass is 10.1. The second-order valence-corrected chi connectivity index (χ2v) is 10.6. The quantitative estimate of drug-likeness (QED) is 0.441. The molecule has 1 aromatic carbocycles. The highest BCUT2D eigenvalue weighted by atomic mass is 28.3. The topological polar surface area (TPSA) is 12.5 Å². The van der Waals surface area contributed by atoms with E-state index in [1.165, 1.54) is 6.04 Å². The molecule has 0 saturated carbocycles. The van der Waals surface area contributed by atoms with E-state index in [0.29, 0.717) is 6.10 Å². The van der Waals surface area contributed by atoms with Crippen LogP contribution in [-0.2, 0) is 4.74 Å². The molecule has 92 valence electrons. The fraction of sp³-hybridized carbons (Fsp3) is 0.467. The Hall–Kier alpha value is -0.863. The summed E-state index contributed by atoms with van der Waals surface area (Å²) in [4.78, 5) is 0. The molecule has 0 aromatic heterocycles. The van der Waals surface area contributed by atoms with Crippen molar-refractivity contribution in [1.82, 2.24) is 0 Å². The van der Waals surface area contributed by atoms with Gasteiger partial charge >= 0.3 is 0 Å². The Labute approximate surface area is 106 Å². The first kappa shape index (κ1) is 12.6. The first-order valence-electron chi connectivity index (χ1n) is 6.35. The van der Waals surface area contributed by atoms with Crippen molar-refractivity contribution in [2.75, 3.05) is 0 Å². The molecule has 0 amide bonds. The Morgan fingerprint density at radius 1 is 1.35 bits per heavy atom. The summed E-state index contributed by atoms with van der Waals surface area (Å²) in [6.07, 6.45) is 3.50. The third-order valence-corrected chi connectivity index (χ3v) is 7.41. The van der Waals surface area contributed by atoms with Crippen molar-refractivity contribution in [2.24, 2.45) is 0 Å². The molecule has 2 atom stereocenters. The van der Waals surface area contributed by atoms with Crippen LogP contribution in [0.5, 0.6) is 0 Å². The van der Waals surface area contributed by atoms with Gasteiger partial charge in [-0.3, -0.25) is 0 Å². The molecule has 17 heavy (non-hydrogen) atoms. The monoisotopic (exact) mass is 246 g/mol. The van der Waals surface area contributed by atoms with Crippen molar-refractivity contribution in [3.63, 3.8) is 0 Å². The molecular formula is C15H22OSi. The summed E-state index contributed by atoms with van der Waals surface area (Å²) in [5.41, 5.74) is -0.0405. The normalized spacial score (nSPS) is 27.8. The molecule has 1 aliphatic rings. The molecule has 1 saturated heterocycles. The van der Waals surface area contributed by atoms with Crippen molar-refractivity contribution in [3.05, 3.63) is 43.0 Å². The zero-order valence-electron chi connectivity index (χ0n) is 11.1. The lowest BCUT2D eigenvalue weighted by Gasteiger charge is -2.22. The maximum atomic E-state index is 5.69. The molecule has 2 heteroatoms. The fourth-order valence-corrected chi connectivity index (χ4v) is 4.69. The van der Waals surface area contributed by atoms with E-state index in [2.05, 4.69) is 56.9 Å². The smallest absolute Gasteiger partial charge is 0.110 e. The fourth-order valence-electron chi connectivity index (χ4n) is 2.32. The van der Waals surface area contributed by atoms with Crippen molar-refractivity contribution in [3.8, 4) is 0 Å². The van der Waals surface area contributed by atoms with E-state index in [-0.39, 0.29) is 5.60 Å². The number of epoxide rings is 1. The second kappa shape index (κ2) is 4.43. The van der Waals surface area contributed by atoms with Gasteiger partial charge in [-0.2, -0.15) is 0 Å². The van der Waals surface area contributed by atoms with Crippen LogP contribution in [0.3, 0.4) is 0 Å². The van der Waals surface area contributed by atoms with E-state index in [1.807, 2.05) is 6.08 Å². The molecule has 2 unspecified atom stereocenters. The van der Waals surface area contributed by atoms with Gasteiger partial charge in [0.25, 0.3) is 0 Å². The molecule has 1 aliphatic heterocycles. The average Bonchev–Trinajstić information content (AvgIpc) is 3.00. The van der Waals surface area contributed by atoms with Gasteiger partial charge in [0.1, 0.15) is 5.60 Å². The third-order valence-electron chi connectivity index (χ3n) is 3.97. The van der Waals surface area contributed by atoms with Crippen LogP contribution in [0.25, 0.3) is 0 Å². The Bertz CT molecular complexity index is 399. The molecule has 1 nitrogen and oxygen atoms in total. The molecule has 1 heterocycles. The predicted molar refractivity (Wildman–Crippen MR) is 76.5 cm³/mol. The van der Waals surface area contributed by atoms with Crippen molar-refractivity contribution in [1.29, 1.82) is 0 Å². The van der Waals surface area contributed by atoms with E-state index in [9.17, 15) is 0 Å². The minimum atomic E-state index is -1.29. The molecular weight excluding hydrogens is 224 g/mol. The molecule has 0 aliphatic carbocycles. The number of hydrogen-bond acceptors (Lipinski definition) is 1. The van der Waals surface area contributed by atoms with Crippen molar-refractivity contribution >= 4 is 13.3 Å². The van der Waals surface area contributed by atoms with E-state index in [4.69, 9.17) is 4.74 Å². The van der Waals surface area contributed by atoms with Gasteiger partial charge in [0, 0.05) is 0 Å². The Morgan fingerprint density at radius 3 is 2.53 bits per heavy atom. The molecule has 0 N–H and O–H groups in total. The van der Waals surface area contributed by atoms with Gasteiger partial charge < -0.3 is 4.74 Å². The molecule has 0 bridgehead atoms. The Kier molecular flexibility index (Phi) is 3.28. The summed E-state index contributed by atoms with van der Waals surface area (Å²) in [6.45, 7) is 10.8. The van der Waals surface area contributed by atoms with Crippen LogP contribution in [0.4, 0.5) is 0 Å². The first-order chi connectivity index (χ1) is 7.98. The number of benzene rings is 1. The molecule has 1 fully saturated rings. The summed E-state index contributed by atoms with van der Waals surface area (Å²) >= 11 is 0. The highest BCUT2D eigenvalue weighted by Crippen LogP contribution is 2.40. The predicted octanol–water partition coefficient (Wildman–Crippen LogP) is 3.34. The summed E-state index contributed by atoms with van der Waals surface area (Å²) in [6, 6.07) is 12.2. The Morgan fingerprint density at radius 2 is 2.00 bits per heavy atom. The lowest BCUT2D eigenvalue weighted by Crippen LogP contribution is -2.41. The van der Waals surface area contributed by atoms with E-state index in [0.717, 1.165) is 6.42 Å². The summed E-state index contributed by atoms with van der Waals surface area (Å²) in [5.74, 6) is 0. The van der Waals surface area contributed by atoms with Gasteiger partial charge in [-0.25, -0.2) is 0 Å². The van der Waals surface area contributed by atoms with Gasteiger partial charge in [0.2, 0.25) is 0 Å². The minimum Gasteiger partial charge on any atom is -0.362 e. The van der Waals surface area contributed by atoms with Gasteiger partial charge in [-0.15, -0.1) is 6.58 Å². The van der Waals surface area contributed by atoms with Crippen LogP contribution in [0.15, 0.2) is 43.0 Å². The maximum Gasteiger partial charge on any atom is 0.110 e. The zero-order valence-corrected chi connectivity index (χ0v) is 12.1.